The molecule has 0 fully saturated rings. The van der Waals surface area contributed by atoms with Crippen molar-refractivity contribution in [3.8, 4) is 5.82 Å². The lowest BCUT2D eigenvalue weighted by Crippen LogP contribution is -2.28. The van der Waals surface area contributed by atoms with E-state index in [-0.39, 0.29) is 0 Å². The average Bonchev–Trinajstić information content (AvgIpc) is 2.74. The van der Waals surface area contributed by atoms with E-state index >= 15 is 0 Å². The molecule has 21 heavy (non-hydrogen) atoms. The molecule has 0 aromatic carbocycles. The Hall–Kier alpha value is -1.75. The first-order valence-corrected chi connectivity index (χ1v) is 7.55. The smallest absolute Gasteiger partial charge is 0.175 e. The zero-order chi connectivity index (χ0) is 15.4. The summed E-state index contributed by atoms with van der Waals surface area (Å²) in [7, 11) is 0. The number of hydrogen-bond acceptors (Lipinski definition) is 4. The van der Waals surface area contributed by atoms with Crippen LogP contribution in [0.15, 0.2) is 18.3 Å². The van der Waals surface area contributed by atoms with Gasteiger partial charge in [-0.25, -0.2) is 4.68 Å². The summed E-state index contributed by atoms with van der Waals surface area (Å²) in [4.78, 5) is 0. The lowest BCUT2D eigenvalue weighted by atomic mass is 9.99. The van der Waals surface area contributed by atoms with Crippen molar-refractivity contribution in [1.82, 2.24) is 25.3 Å². The van der Waals surface area contributed by atoms with Gasteiger partial charge in [0.05, 0.1) is 5.69 Å². The van der Waals surface area contributed by atoms with Crippen molar-refractivity contribution in [1.29, 1.82) is 0 Å². The molecule has 0 amide bonds. The predicted octanol–water partition coefficient (Wildman–Crippen LogP) is 2.46. The molecule has 114 valence electrons. The summed E-state index contributed by atoms with van der Waals surface area (Å²) in [6, 6.07) is 4.34. The molecule has 1 atom stereocenters. The predicted molar refractivity (Wildman–Crippen MR) is 84.6 cm³/mol. The summed E-state index contributed by atoms with van der Waals surface area (Å²) in [6.45, 7) is 11.8. The van der Waals surface area contributed by atoms with Crippen molar-refractivity contribution < 1.29 is 0 Å². The van der Waals surface area contributed by atoms with E-state index in [2.05, 4.69) is 55.2 Å². The van der Waals surface area contributed by atoms with Gasteiger partial charge in [-0.2, -0.15) is 10.2 Å². The van der Waals surface area contributed by atoms with E-state index in [0.717, 1.165) is 30.2 Å². The third-order valence-electron chi connectivity index (χ3n) is 3.64. The van der Waals surface area contributed by atoms with Gasteiger partial charge in [0, 0.05) is 17.9 Å². The first kappa shape index (κ1) is 15.6. The van der Waals surface area contributed by atoms with E-state index in [1.807, 2.05) is 16.8 Å². The molecule has 0 radical (unpaired) electrons. The van der Waals surface area contributed by atoms with Gasteiger partial charge in [0.25, 0.3) is 0 Å². The van der Waals surface area contributed by atoms with Gasteiger partial charge < -0.3 is 5.32 Å². The summed E-state index contributed by atoms with van der Waals surface area (Å²) in [6.07, 6.45) is 2.70. The zero-order valence-electron chi connectivity index (χ0n) is 13.6. The molecule has 0 aliphatic heterocycles. The summed E-state index contributed by atoms with van der Waals surface area (Å²) < 4.78 is 1.89. The van der Waals surface area contributed by atoms with Crippen molar-refractivity contribution in [2.24, 2.45) is 5.92 Å². The largest absolute Gasteiger partial charge is 0.314 e. The van der Waals surface area contributed by atoms with E-state index < -0.39 is 0 Å². The highest BCUT2D eigenvalue weighted by molar-refractivity contribution is 5.31. The third kappa shape index (κ3) is 3.88. The quantitative estimate of drug-likeness (QED) is 0.886. The minimum atomic E-state index is 0.525. The maximum absolute atomic E-state index is 4.62. The molecule has 0 spiro atoms. The van der Waals surface area contributed by atoms with E-state index in [4.69, 9.17) is 0 Å². The molecule has 1 unspecified atom stereocenters. The minimum absolute atomic E-state index is 0.525. The van der Waals surface area contributed by atoms with Crippen LogP contribution in [0.3, 0.4) is 0 Å². The fraction of sp³-hybridized carbons (Fsp3) is 0.562. The monoisotopic (exact) mass is 287 g/mol. The van der Waals surface area contributed by atoms with Crippen LogP contribution in [0.25, 0.3) is 5.82 Å². The van der Waals surface area contributed by atoms with Gasteiger partial charge in [0.15, 0.2) is 5.82 Å². The van der Waals surface area contributed by atoms with Crippen LogP contribution >= 0.6 is 0 Å². The Kier molecular flexibility index (Phi) is 5.07. The standard InChI is InChI=1S/C16H25N5/c1-11(2)17-10-12(3)9-15-13(4)20-21(14(15)5)16-7-6-8-18-19-16/h6-8,11-12,17H,9-10H2,1-5H3. The first-order chi connectivity index (χ1) is 9.99. The maximum atomic E-state index is 4.62. The van der Waals surface area contributed by atoms with Crippen LogP contribution in [-0.4, -0.2) is 32.6 Å². The number of nitrogens with one attached hydrogen (secondary N) is 1. The van der Waals surface area contributed by atoms with Gasteiger partial charge in [-0.1, -0.05) is 20.8 Å². The first-order valence-electron chi connectivity index (χ1n) is 7.55. The molecule has 2 aromatic heterocycles. The Balaban J connectivity index is 2.16. The summed E-state index contributed by atoms with van der Waals surface area (Å²) >= 11 is 0. The molecule has 1 N–H and O–H groups in total. The molecule has 5 heteroatoms. The number of aryl methyl sites for hydroxylation is 1. The molecule has 0 saturated heterocycles. The van der Waals surface area contributed by atoms with E-state index in [1.165, 1.54) is 5.56 Å². The van der Waals surface area contributed by atoms with Gasteiger partial charge in [-0.15, -0.1) is 5.10 Å². The highest BCUT2D eigenvalue weighted by Crippen LogP contribution is 2.19. The minimum Gasteiger partial charge on any atom is -0.314 e. The normalized spacial score (nSPS) is 12.9. The summed E-state index contributed by atoms with van der Waals surface area (Å²) in [5.41, 5.74) is 3.55. The van der Waals surface area contributed by atoms with Crippen molar-refractivity contribution in [3.05, 3.63) is 35.3 Å². The summed E-state index contributed by atoms with van der Waals surface area (Å²) in [5.74, 6) is 1.35. The number of hydrogen-bond donors (Lipinski definition) is 1. The molecule has 0 aliphatic rings. The topological polar surface area (TPSA) is 55.6 Å². The Morgan fingerprint density at radius 2 is 2.00 bits per heavy atom. The van der Waals surface area contributed by atoms with Gasteiger partial charge in [0.1, 0.15) is 0 Å². The second-order valence-corrected chi connectivity index (χ2v) is 6.02. The van der Waals surface area contributed by atoms with Crippen molar-refractivity contribution in [2.75, 3.05) is 6.54 Å². The molecule has 2 aromatic rings. The van der Waals surface area contributed by atoms with Crippen molar-refractivity contribution in [3.63, 3.8) is 0 Å². The van der Waals surface area contributed by atoms with E-state index in [1.54, 1.807) is 6.20 Å². The second kappa shape index (κ2) is 6.80. The van der Waals surface area contributed by atoms with Crippen LogP contribution in [0.2, 0.25) is 0 Å². The Morgan fingerprint density at radius 1 is 1.24 bits per heavy atom. The number of rotatable bonds is 6. The zero-order valence-corrected chi connectivity index (χ0v) is 13.6. The molecule has 0 bridgehead atoms. The fourth-order valence-electron chi connectivity index (χ4n) is 2.46. The number of aromatic nitrogens is 4. The third-order valence-corrected chi connectivity index (χ3v) is 3.64. The van der Waals surface area contributed by atoms with Gasteiger partial charge in [0.2, 0.25) is 0 Å². The maximum Gasteiger partial charge on any atom is 0.175 e. The van der Waals surface area contributed by atoms with Crippen LogP contribution in [-0.2, 0) is 6.42 Å². The van der Waals surface area contributed by atoms with E-state index in [9.17, 15) is 0 Å². The van der Waals surface area contributed by atoms with Gasteiger partial charge >= 0.3 is 0 Å². The van der Waals surface area contributed by atoms with Gasteiger partial charge in [-0.3, -0.25) is 0 Å². The fourth-order valence-corrected chi connectivity index (χ4v) is 2.46. The lowest BCUT2D eigenvalue weighted by Gasteiger charge is -2.15. The van der Waals surface area contributed by atoms with E-state index in [0.29, 0.717) is 12.0 Å². The highest BCUT2D eigenvalue weighted by atomic mass is 15.3. The Bertz CT molecular complexity index is 574. The molecule has 5 nitrogen and oxygen atoms in total. The van der Waals surface area contributed by atoms with Crippen LogP contribution < -0.4 is 5.32 Å². The average molecular weight is 287 g/mol. The van der Waals surface area contributed by atoms with Crippen molar-refractivity contribution in [2.45, 2.75) is 47.1 Å². The molecular weight excluding hydrogens is 262 g/mol. The lowest BCUT2D eigenvalue weighted by molar-refractivity contribution is 0.474. The molecule has 2 rings (SSSR count). The van der Waals surface area contributed by atoms with Crippen LogP contribution in [0.1, 0.15) is 37.7 Å². The van der Waals surface area contributed by atoms with Crippen molar-refractivity contribution >= 4 is 0 Å². The van der Waals surface area contributed by atoms with Crippen LogP contribution in [0.4, 0.5) is 0 Å². The number of nitrogens with zero attached hydrogens (tertiary/aromatic N) is 4. The second-order valence-electron chi connectivity index (χ2n) is 6.02. The molecular formula is C16H25N5. The SMILES string of the molecule is Cc1nn(-c2cccnn2)c(C)c1CC(C)CNC(C)C. The highest BCUT2D eigenvalue weighted by Gasteiger charge is 2.16. The summed E-state index contributed by atoms with van der Waals surface area (Å²) in [5, 5.41) is 16.2. The Morgan fingerprint density at radius 3 is 2.62 bits per heavy atom. The molecule has 0 saturated carbocycles. The molecule has 0 aliphatic carbocycles. The molecule has 2 heterocycles. The van der Waals surface area contributed by atoms with Crippen LogP contribution in [0, 0.1) is 19.8 Å². The van der Waals surface area contributed by atoms with Crippen LogP contribution in [0.5, 0.6) is 0 Å². The Labute approximate surface area is 126 Å². The van der Waals surface area contributed by atoms with Gasteiger partial charge in [-0.05, 0) is 50.4 Å².